The van der Waals surface area contributed by atoms with Crippen LogP contribution in [0.4, 0.5) is 34.9 Å². The number of nitrogens with zero attached hydrogens (tertiary/aromatic N) is 6. The Bertz CT molecular complexity index is 1620. The molecule has 3 aromatic rings. The maximum absolute atomic E-state index is 13.9. The molecule has 0 saturated carbocycles. The fraction of sp³-hybridized carbons (Fsp3) is 0.240. The Hall–Kier alpha value is -4.31. The number of aromatic nitrogens is 3. The van der Waals surface area contributed by atoms with Crippen LogP contribution in [0.3, 0.4) is 0 Å². The summed E-state index contributed by atoms with van der Waals surface area (Å²) in [5, 5.41) is 17.4. The molecule has 0 bridgehead atoms. The number of alkyl halides is 3. The molecule has 4 rings (SSSR count). The number of carbonyl (C=O) groups excluding carboxylic acids is 1. The lowest BCUT2D eigenvalue weighted by Gasteiger charge is -2.28. The minimum atomic E-state index is -4.76. The third-order valence-corrected chi connectivity index (χ3v) is 6.52. The van der Waals surface area contributed by atoms with E-state index in [0.717, 1.165) is 0 Å². The lowest BCUT2D eigenvalue weighted by Crippen LogP contribution is -2.42. The third-order valence-electron chi connectivity index (χ3n) is 5.88. The number of benzene rings is 1. The van der Waals surface area contributed by atoms with E-state index in [2.05, 4.69) is 46.5 Å². The number of hydrogen-bond acceptors (Lipinski definition) is 8. The molecule has 214 valence electrons. The molecule has 2 N–H and O–H groups in total. The molecule has 41 heavy (non-hydrogen) atoms. The number of halogens is 5. The molecular formula is C25H22BrF4N8O3+. The number of nitrogens with one attached hydrogen (secondary N) is 2. The van der Waals surface area contributed by atoms with Crippen LogP contribution in [0, 0.1) is 15.9 Å². The van der Waals surface area contributed by atoms with E-state index < -0.39 is 40.8 Å². The van der Waals surface area contributed by atoms with E-state index in [0.29, 0.717) is 26.9 Å². The highest BCUT2D eigenvalue weighted by Crippen LogP contribution is 2.31. The number of anilines is 3. The monoisotopic (exact) mass is 637 g/mol. The van der Waals surface area contributed by atoms with Crippen LogP contribution in [-0.4, -0.2) is 69.3 Å². The van der Waals surface area contributed by atoms with Gasteiger partial charge >= 0.3 is 12.0 Å². The number of carbonyl (C=O) groups is 1. The summed E-state index contributed by atoms with van der Waals surface area (Å²) in [7, 11) is 3.32. The first-order valence-electron chi connectivity index (χ1n) is 11.9. The Kier molecular flexibility index (Phi) is 8.44. The fourth-order valence-corrected chi connectivity index (χ4v) is 4.27. The Labute approximate surface area is 238 Å². The zero-order valence-corrected chi connectivity index (χ0v) is 23.1. The maximum atomic E-state index is 13.9. The van der Waals surface area contributed by atoms with Crippen LogP contribution in [0.2, 0.25) is 0 Å². The van der Waals surface area contributed by atoms with E-state index in [-0.39, 0.29) is 29.0 Å². The van der Waals surface area contributed by atoms with Gasteiger partial charge in [-0.1, -0.05) is 0 Å². The number of likely N-dealkylation sites (N-methyl/N-ethyl adjacent to an activating group) is 1. The molecule has 2 aromatic heterocycles. The zero-order valence-electron chi connectivity index (χ0n) is 21.5. The summed E-state index contributed by atoms with van der Waals surface area (Å²) in [6.45, 7) is 0.107. The van der Waals surface area contributed by atoms with E-state index >= 15 is 0 Å². The number of amides is 1. The van der Waals surface area contributed by atoms with Crippen LogP contribution in [0.1, 0.15) is 6.42 Å². The van der Waals surface area contributed by atoms with E-state index in [4.69, 9.17) is 0 Å². The van der Waals surface area contributed by atoms with Gasteiger partial charge in [0.15, 0.2) is 0 Å². The number of rotatable bonds is 9. The van der Waals surface area contributed by atoms with Crippen molar-refractivity contribution < 1.29 is 31.8 Å². The molecule has 0 saturated heterocycles. The quantitative estimate of drug-likeness (QED) is 0.109. The molecule has 16 heteroatoms. The normalized spacial score (nSPS) is 14.1. The lowest BCUT2D eigenvalue weighted by molar-refractivity contribution is -0.880. The average Bonchev–Trinajstić information content (AvgIpc) is 3.30. The molecule has 3 heterocycles. The predicted molar refractivity (Wildman–Crippen MR) is 146 cm³/mol. The molecule has 0 radical (unpaired) electrons. The maximum Gasteiger partial charge on any atom is 0.454 e. The van der Waals surface area contributed by atoms with Crippen molar-refractivity contribution in [2.24, 2.45) is 4.99 Å². The van der Waals surface area contributed by atoms with Gasteiger partial charge in [0.05, 0.1) is 48.8 Å². The molecule has 0 spiro atoms. The Morgan fingerprint density at radius 1 is 1.22 bits per heavy atom. The van der Waals surface area contributed by atoms with Gasteiger partial charge in [0, 0.05) is 17.1 Å². The molecule has 0 atom stereocenters. The second-order valence-corrected chi connectivity index (χ2v) is 10.5. The summed E-state index contributed by atoms with van der Waals surface area (Å²) in [6, 6.07) is 6.03. The summed E-state index contributed by atoms with van der Waals surface area (Å²) >= 11 is 3.10. The Morgan fingerprint density at radius 2 is 1.98 bits per heavy atom. The van der Waals surface area contributed by atoms with E-state index in [1.807, 2.05) is 0 Å². The molecule has 1 amide bonds. The van der Waals surface area contributed by atoms with Crippen LogP contribution in [0.5, 0.6) is 0 Å². The van der Waals surface area contributed by atoms with Crippen LogP contribution >= 0.6 is 15.9 Å². The van der Waals surface area contributed by atoms with Gasteiger partial charge in [-0.05, 0) is 56.2 Å². The smallest absolute Gasteiger partial charge is 0.358 e. The summed E-state index contributed by atoms with van der Waals surface area (Å²) in [5.41, 5.74) is -0.329. The molecule has 0 aliphatic carbocycles. The van der Waals surface area contributed by atoms with Crippen molar-refractivity contribution in [1.82, 2.24) is 15.0 Å². The summed E-state index contributed by atoms with van der Waals surface area (Å²) in [5.74, 6) is -1.25. The highest BCUT2D eigenvalue weighted by Gasteiger charge is 2.47. The van der Waals surface area contributed by atoms with E-state index in [9.17, 15) is 32.5 Å². The molecule has 0 fully saturated rings. The lowest BCUT2D eigenvalue weighted by atomic mass is 10.1. The number of pyridine rings is 1. The Morgan fingerprint density at radius 3 is 2.66 bits per heavy atom. The minimum Gasteiger partial charge on any atom is -0.358 e. The topological polar surface area (TPSA) is 135 Å². The SMILES string of the molecule is C[N+](C)(C/C=C/C(=O)Nc1cc2c(Nc3ccc(Br)c(F)c3)ncnc2cn1)CC1=C([N+](=O)[O-])N=C(C(F)(F)F)C1. The van der Waals surface area contributed by atoms with Gasteiger partial charge < -0.3 is 25.2 Å². The first-order valence-corrected chi connectivity index (χ1v) is 12.6. The van der Waals surface area contributed by atoms with Crippen molar-refractivity contribution >= 4 is 55.8 Å². The highest BCUT2D eigenvalue weighted by atomic mass is 79.9. The second kappa shape index (κ2) is 11.7. The van der Waals surface area contributed by atoms with Crippen molar-refractivity contribution in [2.45, 2.75) is 12.6 Å². The molecule has 1 aliphatic rings. The van der Waals surface area contributed by atoms with Crippen molar-refractivity contribution in [3.05, 3.63) is 80.7 Å². The summed E-state index contributed by atoms with van der Waals surface area (Å²) in [4.78, 5) is 38.5. The van der Waals surface area contributed by atoms with Crippen LogP contribution in [0.25, 0.3) is 10.9 Å². The van der Waals surface area contributed by atoms with Gasteiger partial charge in [-0.25, -0.2) is 19.3 Å². The van der Waals surface area contributed by atoms with E-state index in [1.165, 1.54) is 30.7 Å². The molecule has 0 unspecified atom stereocenters. The second-order valence-electron chi connectivity index (χ2n) is 9.65. The van der Waals surface area contributed by atoms with Crippen molar-refractivity contribution in [2.75, 3.05) is 37.8 Å². The highest BCUT2D eigenvalue weighted by molar-refractivity contribution is 9.10. The van der Waals surface area contributed by atoms with Crippen molar-refractivity contribution in [1.29, 1.82) is 0 Å². The van der Waals surface area contributed by atoms with E-state index in [1.54, 1.807) is 32.3 Å². The van der Waals surface area contributed by atoms with Crippen molar-refractivity contribution in [3.63, 3.8) is 0 Å². The molecule has 1 aromatic carbocycles. The van der Waals surface area contributed by atoms with Crippen molar-refractivity contribution in [3.8, 4) is 0 Å². The molecular weight excluding hydrogens is 616 g/mol. The molecule has 1 aliphatic heterocycles. The largest absolute Gasteiger partial charge is 0.454 e. The Balaban J connectivity index is 1.41. The van der Waals surface area contributed by atoms with Gasteiger partial charge in [0.1, 0.15) is 30.3 Å². The summed E-state index contributed by atoms with van der Waals surface area (Å²) in [6.07, 6.45) is 0.0666. The number of aliphatic imine (C=N–C) groups is 1. The van der Waals surface area contributed by atoms with Crippen LogP contribution in [0.15, 0.2) is 69.8 Å². The standard InChI is InChI=1S/C25H21BrF4N8O3/c1-38(2,12-14-8-20(25(28,29)30)35-24(14)37(40)41)7-3-4-22(39)36-21-10-16-19(11-31-21)32-13-33-23(16)34-15-5-6-17(26)18(27)9-15/h3-6,9-11,13H,7-8,12H2,1-2H3,(H-,31,32,33,34,36,39)/p+1/b4-3+. The number of nitro groups is 1. The van der Waals surface area contributed by atoms with Gasteiger partial charge in [0.2, 0.25) is 11.6 Å². The minimum absolute atomic E-state index is 0.0361. The summed E-state index contributed by atoms with van der Waals surface area (Å²) < 4.78 is 53.4. The van der Waals surface area contributed by atoms with Crippen LogP contribution < -0.4 is 10.6 Å². The third kappa shape index (κ3) is 7.46. The first kappa shape index (κ1) is 29.7. The fourth-order valence-electron chi connectivity index (χ4n) is 4.02. The number of hydrogen-bond donors (Lipinski definition) is 2. The van der Waals surface area contributed by atoms with Gasteiger partial charge in [-0.3, -0.25) is 4.79 Å². The zero-order chi connectivity index (χ0) is 29.9. The number of fused-ring (bicyclic) bond motifs is 1. The predicted octanol–water partition coefficient (Wildman–Crippen LogP) is 5.14. The van der Waals surface area contributed by atoms with Gasteiger partial charge in [0.25, 0.3) is 0 Å². The average molecular weight is 638 g/mol. The van der Waals surface area contributed by atoms with Crippen LogP contribution in [-0.2, 0) is 4.79 Å². The first-order chi connectivity index (χ1) is 19.2. The molecule has 11 nitrogen and oxygen atoms in total. The number of quaternary nitrogens is 1. The van der Waals surface area contributed by atoms with Gasteiger partial charge in [-0.2, -0.15) is 13.2 Å². The van der Waals surface area contributed by atoms with Gasteiger partial charge in [-0.15, -0.1) is 0 Å².